The molecule has 0 aliphatic carbocycles. The Hall–Kier alpha value is -1.98. The van der Waals surface area contributed by atoms with Crippen molar-refractivity contribution >= 4 is 50.5 Å². The Bertz CT molecular complexity index is 1050. The van der Waals surface area contributed by atoms with Crippen LogP contribution in [0, 0.1) is 0 Å². The van der Waals surface area contributed by atoms with Crippen LogP contribution in [-0.2, 0) is 21.3 Å². The SMILES string of the molecule is CCOC(=O)[C@@H]1Oc2ccc(Br)cc2[C@H]1NP(=S)(c1ccccc1)c1ccccc1. The number of hydrogen-bond acceptors (Lipinski definition) is 4. The Kier molecular flexibility index (Phi) is 6.40. The maximum Gasteiger partial charge on any atom is 0.349 e. The highest BCUT2D eigenvalue weighted by Gasteiger charge is 2.43. The van der Waals surface area contributed by atoms with E-state index in [1.54, 1.807) is 6.92 Å². The molecule has 3 aromatic carbocycles. The number of carbonyl (C=O) groups excluding carboxylic acids is 1. The van der Waals surface area contributed by atoms with Gasteiger partial charge in [0.05, 0.1) is 18.8 Å². The molecule has 0 bridgehead atoms. The summed E-state index contributed by atoms with van der Waals surface area (Å²) in [4.78, 5) is 12.7. The maximum atomic E-state index is 12.7. The highest BCUT2D eigenvalue weighted by Crippen LogP contribution is 2.47. The van der Waals surface area contributed by atoms with Crippen LogP contribution in [0.3, 0.4) is 0 Å². The molecule has 0 amide bonds. The normalized spacial score (nSPS) is 17.8. The fourth-order valence-corrected chi connectivity index (χ4v) is 7.45. The molecule has 0 unspecified atom stereocenters. The molecule has 3 aromatic rings. The lowest BCUT2D eigenvalue weighted by Gasteiger charge is -2.30. The summed E-state index contributed by atoms with van der Waals surface area (Å²) in [5, 5.41) is 5.73. The molecule has 0 fully saturated rings. The third-order valence-corrected chi connectivity index (χ3v) is 9.71. The fourth-order valence-electron chi connectivity index (χ4n) is 3.55. The van der Waals surface area contributed by atoms with Gasteiger partial charge in [0.2, 0.25) is 6.10 Å². The van der Waals surface area contributed by atoms with E-state index in [9.17, 15) is 4.79 Å². The molecular formula is C23H21BrNO3PS. The molecule has 0 saturated carbocycles. The number of rotatable bonds is 6. The van der Waals surface area contributed by atoms with E-state index in [2.05, 4.69) is 21.0 Å². The molecule has 4 rings (SSSR count). The van der Waals surface area contributed by atoms with Crippen molar-refractivity contribution in [3.05, 3.63) is 88.9 Å². The third-order valence-electron chi connectivity index (χ3n) is 4.94. The van der Waals surface area contributed by atoms with Crippen LogP contribution in [0.5, 0.6) is 5.75 Å². The van der Waals surface area contributed by atoms with Crippen molar-refractivity contribution in [2.75, 3.05) is 6.61 Å². The van der Waals surface area contributed by atoms with E-state index in [0.29, 0.717) is 5.75 Å². The molecule has 30 heavy (non-hydrogen) atoms. The van der Waals surface area contributed by atoms with Crippen LogP contribution in [0.15, 0.2) is 83.3 Å². The van der Waals surface area contributed by atoms with Gasteiger partial charge in [0, 0.05) is 20.6 Å². The number of halogens is 1. The Morgan fingerprint density at radius 1 is 1.07 bits per heavy atom. The number of ether oxygens (including phenoxy) is 2. The first-order valence-corrected chi connectivity index (χ1v) is 13.2. The van der Waals surface area contributed by atoms with Gasteiger partial charge in [0.1, 0.15) is 5.75 Å². The number of benzene rings is 3. The van der Waals surface area contributed by atoms with E-state index in [4.69, 9.17) is 21.3 Å². The van der Waals surface area contributed by atoms with Crippen LogP contribution in [0.4, 0.5) is 0 Å². The lowest BCUT2D eigenvalue weighted by molar-refractivity contribution is -0.151. The van der Waals surface area contributed by atoms with E-state index in [0.717, 1.165) is 20.6 Å². The van der Waals surface area contributed by atoms with Crippen molar-refractivity contribution in [2.24, 2.45) is 0 Å². The van der Waals surface area contributed by atoms with E-state index in [-0.39, 0.29) is 6.61 Å². The summed E-state index contributed by atoms with van der Waals surface area (Å²) >= 11 is 9.85. The number of nitrogens with one attached hydrogen (secondary N) is 1. The van der Waals surface area contributed by atoms with Crippen LogP contribution >= 0.6 is 22.1 Å². The van der Waals surface area contributed by atoms with E-state index >= 15 is 0 Å². The zero-order chi connectivity index (χ0) is 21.1. The molecule has 0 saturated heterocycles. The Balaban J connectivity index is 1.82. The van der Waals surface area contributed by atoms with Gasteiger partial charge in [0.15, 0.2) is 0 Å². The van der Waals surface area contributed by atoms with Crippen molar-refractivity contribution in [3.8, 4) is 5.75 Å². The molecule has 4 nitrogen and oxygen atoms in total. The summed E-state index contributed by atoms with van der Waals surface area (Å²) < 4.78 is 12.2. The van der Waals surface area contributed by atoms with Crippen molar-refractivity contribution in [3.63, 3.8) is 0 Å². The van der Waals surface area contributed by atoms with Gasteiger partial charge in [-0.3, -0.25) is 5.09 Å². The first-order valence-electron chi connectivity index (χ1n) is 9.64. The smallest absolute Gasteiger partial charge is 0.349 e. The highest BCUT2D eigenvalue weighted by molar-refractivity contribution is 9.10. The predicted octanol–water partition coefficient (Wildman–Crippen LogP) is 4.45. The largest absolute Gasteiger partial charge is 0.476 e. The first-order chi connectivity index (χ1) is 14.5. The van der Waals surface area contributed by atoms with Gasteiger partial charge in [-0.15, -0.1) is 0 Å². The van der Waals surface area contributed by atoms with E-state index in [1.807, 2.05) is 78.9 Å². The Labute approximate surface area is 189 Å². The van der Waals surface area contributed by atoms with Crippen LogP contribution in [0.1, 0.15) is 18.5 Å². The number of carbonyl (C=O) groups is 1. The van der Waals surface area contributed by atoms with Crippen LogP contribution in [-0.4, -0.2) is 18.7 Å². The molecule has 1 N–H and O–H groups in total. The van der Waals surface area contributed by atoms with Crippen LogP contribution < -0.4 is 20.4 Å². The van der Waals surface area contributed by atoms with Gasteiger partial charge in [-0.2, -0.15) is 0 Å². The topological polar surface area (TPSA) is 47.6 Å². The predicted molar refractivity (Wildman–Crippen MR) is 128 cm³/mol. The van der Waals surface area contributed by atoms with Crippen molar-refractivity contribution in [1.82, 2.24) is 5.09 Å². The summed E-state index contributed by atoms with van der Waals surface area (Å²) in [6.45, 7) is 2.08. The van der Waals surface area contributed by atoms with E-state index in [1.165, 1.54) is 0 Å². The summed E-state index contributed by atoms with van der Waals surface area (Å²) in [7, 11) is 0. The molecule has 0 aromatic heterocycles. The second-order valence-corrected chi connectivity index (χ2v) is 11.9. The fraction of sp³-hybridized carbons (Fsp3) is 0.174. The summed E-state index contributed by atoms with van der Waals surface area (Å²) in [6.07, 6.45) is -3.26. The molecule has 1 heterocycles. The lowest BCUT2D eigenvalue weighted by atomic mass is 10.1. The number of fused-ring (bicyclic) bond motifs is 1. The monoisotopic (exact) mass is 501 g/mol. The molecule has 7 heteroatoms. The summed E-state index contributed by atoms with van der Waals surface area (Å²) in [6, 6.07) is 25.4. The van der Waals surface area contributed by atoms with E-state index < -0.39 is 24.3 Å². The Morgan fingerprint density at radius 3 is 2.23 bits per heavy atom. The number of esters is 1. The van der Waals surface area contributed by atoms with Gasteiger partial charge in [-0.25, -0.2) is 4.79 Å². The van der Waals surface area contributed by atoms with Gasteiger partial charge in [-0.05, 0) is 25.1 Å². The molecule has 0 radical (unpaired) electrons. The maximum absolute atomic E-state index is 12.7. The minimum absolute atomic E-state index is 0.289. The van der Waals surface area contributed by atoms with Crippen LogP contribution in [0.25, 0.3) is 0 Å². The average molecular weight is 502 g/mol. The first kappa shape index (κ1) is 21.3. The zero-order valence-corrected chi connectivity index (χ0v) is 19.6. The molecule has 2 atom stereocenters. The van der Waals surface area contributed by atoms with Gasteiger partial charge in [-0.1, -0.05) is 88.4 Å². The number of hydrogen-bond donors (Lipinski definition) is 1. The zero-order valence-electron chi connectivity index (χ0n) is 16.3. The second-order valence-electron chi connectivity index (χ2n) is 6.86. The molecule has 154 valence electrons. The minimum Gasteiger partial charge on any atom is -0.476 e. The molecular weight excluding hydrogens is 481 g/mol. The molecule has 1 aliphatic rings. The minimum atomic E-state index is -2.46. The summed E-state index contributed by atoms with van der Waals surface area (Å²) in [5.74, 6) is 0.265. The van der Waals surface area contributed by atoms with Crippen molar-refractivity contribution in [1.29, 1.82) is 0 Å². The molecule has 1 aliphatic heterocycles. The van der Waals surface area contributed by atoms with Gasteiger partial charge < -0.3 is 9.47 Å². The van der Waals surface area contributed by atoms with Gasteiger partial charge >= 0.3 is 5.97 Å². The van der Waals surface area contributed by atoms with Crippen molar-refractivity contribution in [2.45, 2.75) is 19.1 Å². The Morgan fingerprint density at radius 2 is 1.67 bits per heavy atom. The lowest BCUT2D eigenvalue weighted by Crippen LogP contribution is -2.40. The second kappa shape index (κ2) is 9.03. The average Bonchev–Trinajstić information content (AvgIpc) is 3.12. The van der Waals surface area contributed by atoms with Crippen LogP contribution in [0.2, 0.25) is 0 Å². The quantitative estimate of drug-likeness (QED) is 0.399. The van der Waals surface area contributed by atoms with Crippen molar-refractivity contribution < 1.29 is 14.3 Å². The molecule has 0 spiro atoms. The summed E-state index contributed by atoms with van der Waals surface area (Å²) in [5.41, 5.74) is 0.892. The third kappa shape index (κ3) is 4.10. The van der Waals surface area contributed by atoms with Gasteiger partial charge in [0.25, 0.3) is 0 Å². The highest BCUT2D eigenvalue weighted by atomic mass is 79.9. The standard InChI is InChI=1S/C23H21BrNO3PS/c1-2-27-23(26)22-21(19-15-16(24)13-14-20(19)28-22)25-29(30,17-9-5-3-6-10-17)18-11-7-4-8-12-18/h3-15,21-22H,2H2,1H3,(H,25,30)/t21-,22-/m1/s1.